The third kappa shape index (κ3) is 3.16. The molecule has 0 fully saturated rings. The number of para-hydroxylation sites is 2. The molecule has 1 unspecified atom stereocenters. The van der Waals surface area contributed by atoms with Gasteiger partial charge in [0.15, 0.2) is 0 Å². The zero-order valence-electron chi connectivity index (χ0n) is 12.0. The number of carbonyl (C=O) groups is 1. The van der Waals surface area contributed by atoms with Gasteiger partial charge < -0.3 is 16.0 Å². The fourth-order valence-electron chi connectivity index (χ4n) is 2.39. The van der Waals surface area contributed by atoms with E-state index in [0.29, 0.717) is 13.1 Å². The van der Waals surface area contributed by atoms with Crippen molar-refractivity contribution >= 4 is 17.3 Å². The van der Waals surface area contributed by atoms with E-state index >= 15 is 0 Å². The molecule has 0 saturated heterocycles. The van der Waals surface area contributed by atoms with Crippen molar-refractivity contribution in [2.75, 3.05) is 17.2 Å². The molecule has 2 aromatic carbocycles. The molecule has 1 heterocycles. The molecule has 1 aliphatic rings. The van der Waals surface area contributed by atoms with Crippen molar-refractivity contribution < 1.29 is 4.79 Å². The van der Waals surface area contributed by atoms with Crippen molar-refractivity contribution in [3.8, 4) is 0 Å². The number of nitrogens with one attached hydrogen (secondary N) is 3. The zero-order valence-corrected chi connectivity index (χ0v) is 12.0. The van der Waals surface area contributed by atoms with Gasteiger partial charge in [-0.1, -0.05) is 42.0 Å². The van der Waals surface area contributed by atoms with Gasteiger partial charge in [-0.25, -0.2) is 0 Å². The van der Waals surface area contributed by atoms with Gasteiger partial charge in [-0.15, -0.1) is 0 Å². The number of benzene rings is 2. The molecule has 3 rings (SSSR count). The molecule has 1 atom stereocenters. The summed E-state index contributed by atoms with van der Waals surface area (Å²) in [7, 11) is 0. The van der Waals surface area contributed by atoms with Crippen molar-refractivity contribution in [2.45, 2.75) is 19.5 Å². The first-order valence-corrected chi connectivity index (χ1v) is 7.15. The monoisotopic (exact) mass is 281 g/mol. The van der Waals surface area contributed by atoms with Gasteiger partial charge in [0.25, 0.3) is 0 Å². The molecule has 2 aromatic rings. The molecule has 1 amide bonds. The number of hydrogen-bond acceptors (Lipinski definition) is 3. The van der Waals surface area contributed by atoms with Crippen molar-refractivity contribution in [1.29, 1.82) is 0 Å². The largest absolute Gasteiger partial charge is 0.381 e. The summed E-state index contributed by atoms with van der Waals surface area (Å²) >= 11 is 0. The molecule has 4 nitrogen and oxygen atoms in total. The van der Waals surface area contributed by atoms with E-state index in [2.05, 4.69) is 35.0 Å². The Balaban J connectivity index is 1.58. The highest BCUT2D eigenvalue weighted by Gasteiger charge is 2.22. The Morgan fingerprint density at radius 3 is 2.62 bits per heavy atom. The van der Waals surface area contributed by atoms with Crippen molar-refractivity contribution in [3.05, 3.63) is 59.7 Å². The summed E-state index contributed by atoms with van der Waals surface area (Å²) < 4.78 is 0. The van der Waals surface area contributed by atoms with E-state index in [-0.39, 0.29) is 11.9 Å². The van der Waals surface area contributed by atoms with E-state index in [9.17, 15) is 4.79 Å². The van der Waals surface area contributed by atoms with Gasteiger partial charge >= 0.3 is 0 Å². The Bertz CT molecular complexity index is 637. The Morgan fingerprint density at radius 1 is 1.14 bits per heavy atom. The van der Waals surface area contributed by atoms with Gasteiger partial charge in [0.1, 0.15) is 6.04 Å². The summed E-state index contributed by atoms with van der Waals surface area (Å²) in [6.07, 6.45) is 0. The van der Waals surface area contributed by atoms with Gasteiger partial charge in [-0.2, -0.15) is 0 Å². The summed E-state index contributed by atoms with van der Waals surface area (Å²) in [4.78, 5) is 12.2. The first-order chi connectivity index (χ1) is 10.2. The van der Waals surface area contributed by atoms with Crippen LogP contribution in [0.5, 0.6) is 0 Å². The number of aryl methyl sites for hydroxylation is 1. The summed E-state index contributed by atoms with van der Waals surface area (Å²) in [5.74, 6) is 0.0116. The number of amides is 1. The van der Waals surface area contributed by atoms with Gasteiger partial charge in [-0.3, -0.25) is 4.79 Å². The van der Waals surface area contributed by atoms with Gasteiger partial charge in [-0.05, 0) is 24.6 Å². The minimum Gasteiger partial charge on any atom is -0.381 e. The molecule has 0 aromatic heterocycles. The zero-order chi connectivity index (χ0) is 14.7. The summed E-state index contributed by atoms with van der Waals surface area (Å²) in [5, 5.41) is 9.52. The van der Waals surface area contributed by atoms with Gasteiger partial charge in [0.2, 0.25) is 5.91 Å². The molecule has 21 heavy (non-hydrogen) atoms. The topological polar surface area (TPSA) is 53.2 Å². The van der Waals surface area contributed by atoms with Crippen LogP contribution < -0.4 is 16.0 Å². The maximum Gasteiger partial charge on any atom is 0.244 e. The van der Waals surface area contributed by atoms with E-state index in [4.69, 9.17) is 0 Å². The second-order valence-electron chi connectivity index (χ2n) is 5.33. The minimum absolute atomic E-state index is 0.0116. The van der Waals surface area contributed by atoms with Crippen molar-refractivity contribution in [2.24, 2.45) is 0 Å². The molecule has 0 saturated carbocycles. The molecule has 1 aliphatic heterocycles. The highest BCUT2D eigenvalue weighted by molar-refractivity contribution is 5.88. The average Bonchev–Trinajstić information content (AvgIpc) is 2.53. The number of anilines is 2. The van der Waals surface area contributed by atoms with E-state index < -0.39 is 0 Å². The standard InChI is InChI=1S/C17H19N3O/c1-12-6-8-13(9-7-12)10-19-17(21)16-11-18-14-4-2-3-5-15(14)20-16/h2-9,16,18,20H,10-11H2,1H3,(H,19,21). The number of rotatable bonds is 3. The summed E-state index contributed by atoms with van der Waals surface area (Å²) in [5.41, 5.74) is 4.34. The lowest BCUT2D eigenvalue weighted by molar-refractivity contribution is -0.121. The molecule has 108 valence electrons. The van der Waals surface area contributed by atoms with Crippen LogP contribution in [-0.4, -0.2) is 18.5 Å². The molecular formula is C17H19N3O. The van der Waals surface area contributed by atoms with Crippen LogP contribution in [0.25, 0.3) is 0 Å². The van der Waals surface area contributed by atoms with Crippen LogP contribution in [0, 0.1) is 6.92 Å². The Morgan fingerprint density at radius 2 is 1.86 bits per heavy atom. The number of fused-ring (bicyclic) bond motifs is 1. The molecule has 3 N–H and O–H groups in total. The van der Waals surface area contributed by atoms with Crippen LogP contribution in [0.4, 0.5) is 11.4 Å². The predicted octanol–water partition coefficient (Wildman–Crippen LogP) is 2.52. The maximum absolute atomic E-state index is 12.2. The molecule has 0 spiro atoms. The van der Waals surface area contributed by atoms with Gasteiger partial charge in [0, 0.05) is 13.1 Å². The SMILES string of the molecule is Cc1ccc(CNC(=O)C2CNc3ccccc3N2)cc1. The van der Waals surface area contributed by atoms with Crippen LogP contribution in [-0.2, 0) is 11.3 Å². The third-order valence-corrected chi connectivity index (χ3v) is 3.66. The van der Waals surface area contributed by atoms with E-state index in [1.807, 2.05) is 36.4 Å². The molecule has 0 radical (unpaired) electrons. The number of hydrogen-bond donors (Lipinski definition) is 3. The van der Waals surface area contributed by atoms with E-state index in [0.717, 1.165) is 16.9 Å². The van der Waals surface area contributed by atoms with Crippen LogP contribution >= 0.6 is 0 Å². The summed E-state index contributed by atoms with van der Waals surface area (Å²) in [6, 6.07) is 15.9. The van der Waals surface area contributed by atoms with Crippen LogP contribution in [0.1, 0.15) is 11.1 Å². The quantitative estimate of drug-likeness (QED) is 0.810. The average molecular weight is 281 g/mol. The first kappa shape index (κ1) is 13.5. The number of carbonyl (C=O) groups excluding carboxylic acids is 1. The van der Waals surface area contributed by atoms with Crippen molar-refractivity contribution in [3.63, 3.8) is 0 Å². The predicted molar refractivity (Wildman–Crippen MR) is 85.4 cm³/mol. The lowest BCUT2D eigenvalue weighted by Crippen LogP contribution is -2.45. The lowest BCUT2D eigenvalue weighted by Gasteiger charge is -2.27. The fourth-order valence-corrected chi connectivity index (χ4v) is 2.39. The second-order valence-corrected chi connectivity index (χ2v) is 5.33. The highest BCUT2D eigenvalue weighted by atomic mass is 16.2. The van der Waals surface area contributed by atoms with Crippen LogP contribution in [0.3, 0.4) is 0 Å². The van der Waals surface area contributed by atoms with Crippen LogP contribution in [0.2, 0.25) is 0 Å². The van der Waals surface area contributed by atoms with Gasteiger partial charge in [0.05, 0.1) is 11.4 Å². The lowest BCUT2D eigenvalue weighted by atomic mass is 10.1. The smallest absolute Gasteiger partial charge is 0.244 e. The Hall–Kier alpha value is -2.49. The normalized spacial score (nSPS) is 16.3. The van der Waals surface area contributed by atoms with E-state index in [1.54, 1.807) is 0 Å². The first-order valence-electron chi connectivity index (χ1n) is 7.15. The Labute approximate surface area is 124 Å². The third-order valence-electron chi connectivity index (χ3n) is 3.66. The fraction of sp³-hybridized carbons (Fsp3) is 0.235. The molecule has 4 heteroatoms. The van der Waals surface area contributed by atoms with Crippen LogP contribution in [0.15, 0.2) is 48.5 Å². The maximum atomic E-state index is 12.2. The summed E-state index contributed by atoms with van der Waals surface area (Å²) in [6.45, 7) is 3.20. The van der Waals surface area contributed by atoms with E-state index in [1.165, 1.54) is 5.56 Å². The minimum atomic E-state index is -0.245. The molecular weight excluding hydrogens is 262 g/mol. The highest BCUT2D eigenvalue weighted by Crippen LogP contribution is 2.25. The molecule has 0 bridgehead atoms. The van der Waals surface area contributed by atoms with Crippen molar-refractivity contribution in [1.82, 2.24) is 5.32 Å². The Kier molecular flexibility index (Phi) is 3.77. The second kappa shape index (κ2) is 5.87. The molecule has 0 aliphatic carbocycles.